The van der Waals surface area contributed by atoms with Crippen LogP contribution in [0.3, 0.4) is 0 Å². The average molecular weight is 199 g/mol. The van der Waals surface area contributed by atoms with Gasteiger partial charge in [-0.2, -0.15) is 0 Å². The summed E-state index contributed by atoms with van der Waals surface area (Å²) in [7, 11) is 0. The molecule has 1 fully saturated rings. The second-order valence-electron chi connectivity index (χ2n) is 2.20. The third kappa shape index (κ3) is 3.07. The molecule has 5 nitrogen and oxygen atoms in total. The first-order valence-electron chi connectivity index (χ1n) is 3.58. The van der Waals surface area contributed by atoms with E-state index >= 15 is 0 Å². The van der Waals surface area contributed by atoms with E-state index in [1.54, 1.807) is 6.92 Å². The Labute approximate surface area is 69.1 Å². The molecular weight excluding hydrogens is 188 g/mol. The molecule has 0 amide bonds. The van der Waals surface area contributed by atoms with Crippen LogP contribution in [-0.2, 0) is 37.4 Å². The minimum atomic E-state index is -3.87. The van der Waals surface area contributed by atoms with E-state index in [1.165, 1.54) is 0 Å². The quantitative estimate of drug-likeness (QED) is 0.466. The zero-order chi connectivity index (χ0) is 8.16. The van der Waals surface area contributed by atoms with Gasteiger partial charge in [-0.1, -0.05) is 0 Å². The standard InChI is InChI=1S/C3H8O4.C2H5.O.Ti/c4-6-2-1-3-7-5;1-2;;/h4-5H,1-3H2;1H2,2H3;;/q;;;+2/p-2. The van der Waals surface area contributed by atoms with Crippen LogP contribution in [0.5, 0.6) is 0 Å². The van der Waals surface area contributed by atoms with E-state index in [0.717, 1.165) is 0 Å². The average Bonchev–Trinajstić information content (AvgIpc) is 1.98. The minimum absolute atomic E-state index is 0.319. The molecule has 1 heterocycles. The normalized spacial score (nSPS) is 25.5. The van der Waals surface area contributed by atoms with E-state index in [0.29, 0.717) is 24.4 Å². The summed E-state index contributed by atoms with van der Waals surface area (Å²) in [4.78, 5) is 9.29. The first kappa shape index (κ1) is 9.44. The summed E-state index contributed by atoms with van der Waals surface area (Å²) in [6, 6.07) is 0. The van der Waals surface area contributed by atoms with E-state index in [9.17, 15) is 3.32 Å². The zero-order valence-electron chi connectivity index (χ0n) is 6.37. The first-order valence-corrected chi connectivity index (χ1v) is 6.60. The van der Waals surface area contributed by atoms with Crippen LogP contribution < -0.4 is 0 Å². The van der Waals surface area contributed by atoms with Crippen molar-refractivity contribution in [2.75, 3.05) is 13.2 Å². The first-order chi connectivity index (χ1) is 5.27. The van der Waals surface area contributed by atoms with Crippen molar-refractivity contribution in [1.82, 2.24) is 0 Å². The maximum absolute atomic E-state index is 11.4. The van der Waals surface area contributed by atoms with Gasteiger partial charge in [0.15, 0.2) is 0 Å². The van der Waals surface area contributed by atoms with Crippen molar-refractivity contribution >= 4 is 0 Å². The van der Waals surface area contributed by atoms with Gasteiger partial charge in [0.1, 0.15) is 0 Å². The fourth-order valence-electron chi connectivity index (χ4n) is 0.571. The van der Waals surface area contributed by atoms with Gasteiger partial charge in [-0.3, -0.25) is 0 Å². The van der Waals surface area contributed by atoms with Crippen molar-refractivity contribution in [3.05, 3.63) is 0 Å². The van der Waals surface area contributed by atoms with Crippen molar-refractivity contribution in [2.24, 2.45) is 0 Å². The van der Waals surface area contributed by atoms with Crippen LogP contribution in [0.2, 0.25) is 4.73 Å². The van der Waals surface area contributed by atoms with Gasteiger partial charge in [0.25, 0.3) is 0 Å². The van der Waals surface area contributed by atoms with E-state index in [-0.39, 0.29) is 0 Å². The van der Waals surface area contributed by atoms with Crippen LogP contribution >= 0.6 is 0 Å². The molecule has 0 aliphatic carbocycles. The number of hydrogen-bond acceptors (Lipinski definition) is 5. The third-order valence-corrected chi connectivity index (χ3v) is 3.77. The monoisotopic (exact) mass is 199 g/mol. The zero-order valence-corrected chi connectivity index (χ0v) is 7.93. The van der Waals surface area contributed by atoms with Crippen LogP contribution in [0.1, 0.15) is 13.3 Å². The fourth-order valence-corrected chi connectivity index (χ4v) is 1.80. The molecule has 0 unspecified atom stereocenters. The Morgan fingerprint density at radius 2 is 1.82 bits per heavy atom. The molecule has 0 aromatic heterocycles. The van der Waals surface area contributed by atoms with Crippen molar-refractivity contribution in [1.29, 1.82) is 0 Å². The van der Waals surface area contributed by atoms with Gasteiger partial charge >= 0.3 is 68.7 Å². The molecule has 0 saturated carbocycles. The number of rotatable bonds is 1. The molecule has 0 N–H and O–H groups in total. The van der Waals surface area contributed by atoms with Gasteiger partial charge in [0.05, 0.1) is 0 Å². The Hall–Kier alpha value is 0.354. The summed E-state index contributed by atoms with van der Waals surface area (Å²) in [5.74, 6) is 0. The van der Waals surface area contributed by atoms with Crippen LogP contribution in [0, 0.1) is 0 Å². The predicted molar refractivity (Wildman–Crippen MR) is 29.9 cm³/mol. The van der Waals surface area contributed by atoms with Crippen LogP contribution in [-0.4, -0.2) is 13.2 Å². The van der Waals surface area contributed by atoms with Gasteiger partial charge in [-0.15, -0.1) is 0 Å². The van der Waals surface area contributed by atoms with E-state index in [4.69, 9.17) is 0 Å². The fraction of sp³-hybridized carbons (Fsp3) is 1.00. The van der Waals surface area contributed by atoms with Crippen LogP contribution in [0.15, 0.2) is 0 Å². The summed E-state index contributed by atoms with van der Waals surface area (Å²) < 4.78 is 20.9. The molecule has 0 radical (unpaired) electrons. The summed E-state index contributed by atoms with van der Waals surface area (Å²) in [5, 5.41) is 0. The predicted octanol–water partition coefficient (Wildman–Crippen LogP) is 1.05. The van der Waals surface area contributed by atoms with Gasteiger partial charge < -0.3 is 0 Å². The van der Waals surface area contributed by atoms with Gasteiger partial charge in [0, 0.05) is 0 Å². The molecule has 0 bridgehead atoms. The van der Waals surface area contributed by atoms with Gasteiger partial charge in [0.2, 0.25) is 0 Å². The van der Waals surface area contributed by atoms with Crippen LogP contribution in [0.4, 0.5) is 0 Å². The molecule has 1 saturated heterocycles. The van der Waals surface area contributed by atoms with Gasteiger partial charge in [-0.05, 0) is 0 Å². The molecule has 0 spiro atoms. The summed E-state index contributed by atoms with van der Waals surface area (Å²) in [6.07, 6.45) is 0.683. The molecule has 0 aromatic rings. The van der Waals surface area contributed by atoms with Crippen LogP contribution in [0.25, 0.3) is 0 Å². The molecule has 6 heteroatoms. The van der Waals surface area contributed by atoms with Crippen molar-refractivity contribution in [2.45, 2.75) is 18.1 Å². The number of hydrogen-bond donors (Lipinski definition) is 0. The summed E-state index contributed by atoms with van der Waals surface area (Å²) in [6.45, 7) is 2.51. The van der Waals surface area contributed by atoms with Gasteiger partial charge in [-0.25, -0.2) is 0 Å². The SMILES string of the molecule is C[CH2][Ti]1(=[O])[O]OCCCO[O]1. The van der Waals surface area contributed by atoms with Crippen molar-refractivity contribution < 1.29 is 37.4 Å². The molecule has 11 heavy (non-hydrogen) atoms. The topological polar surface area (TPSA) is 54.0 Å². The Morgan fingerprint density at radius 1 is 1.27 bits per heavy atom. The third-order valence-electron chi connectivity index (χ3n) is 1.26. The summed E-state index contributed by atoms with van der Waals surface area (Å²) >= 11 is -3.87. The molecule has 1 aliphatic rings. The van der Waals surface area contributed by atoms with E-state index in [2.05, 4.69) is 16.7 Å². The maximum atomic E-state index is 11.4. The molecule has 0 aromatic carbocycles. The van der Waals surface area contributed by atoms with Crippen molar-refractivity contribution in [3.8, 4) is 0 Å². The van der Waals surface area contributed by atoms with E-state index < -0.39 is 17.3 Å². The Morgan fingerprint density at radius 3 is 2.27 bits per heavy atom. The molecule has 1 rings (SSSR count). The van der Waals surface area contributed by atoms with Crippen molar-refractivity contribution in [3.63, 3.8) is 0 Å². The Kier molecular flexibility index (Phi) is 3.77. The Balaban J connectivity index is 2.44. The molecular formula is C5H11O5Ti. The second-order valence-corrected chi connectivity index (χ2v) is 5.96. The second kappa shape index (κ2) is 4.40. The molecule has 1 aliphatic heterocycles. The summed E-state index contributed by atoms with van der Waals surface area (Å²) in [5.41, 5.74) is 0. The molecule has 65 valence electrons. The molecule has 0 atom stereocenters. The Bertz CT molecular complexity index is 147. The van der Waals surface area contributed by atoms with E-state index in [1.807, 2.05) is 0 Å².